The van der Waals surface area contributed by atoms with E-state index < -0.39 is 11.9 Å². The highest BCUT2D eigenvalue weighted by atomic mass is 16.5. The molecule has 1 aromatic rings. The minimum atomic E-state index is -0.771. The zero-order valence-electron chi connectivity index (χ0n) is 9.61. The number of carbonyl (C=O) groups is 2. The van der Waals surface area contributed by atoms with Gasteiger partial charge in [0.1, 0.15) is 11.3 Å². The SMILES string of the molecule is CCOC(=O)c1oc(N)c(C(=O)OCC)c1N. The molecule has 0 aliphatic carbocycles. The van der Waals surface area contributed by atoms with Gasteiger partial charge in [0.05, 0.1) is 13.2 Å². The molecule has 0 fully saturated rings. The lowest BCUT2D eigenvalue weighted by Gasteiger charge is -2.00. The van der Waals surface area contributed by atoms with Crippen LogP contribution in [0.15, 0.2) is 4.42 Å². The van der Waals surface area contributed by atoms with Gasteiger partial charge in [0.15, 0.2) is 0 Å². The van der Waals surface area contributed by atoms with Crippen LogP contribution in [0, 0.1) is 0 Å². The molecule has 0 saturated heterocycles. The molecule has 0 aromatic carbocycles. The lowest BCUT2D eigenvalue weighted by Crippen LogP contribution is -2.10. The number of ether oxygens (including phenoxy) is 2. The Morgan fingerprint density at radius 3 is 2.18 bits per heavy atom. The number of anilines is 2. The highest BCUT2D eigenvalue weighted by molar-refractivity contribution is 6.05. The van der Waals surface area contributed by atoms with Crippen LogP contribution in [0.1, 0.15) is 34.8 Å². The Balaban J connectivity index is 3.09. The Labute approximate surface area is 97.6 Å². The first-order valence-corrected chi connectivity index (χ1v) is 5.04. The van der Waals surface area contributed by atoms with Crippen LogP contribution in [-0.4, -0.2) is 25.2 Å². The molecule has 0 amide bonds. The predicted octanol–water partition coefficient (Wildman–Crippen LogP) is 0.797. The summed E-state index contributed by atoms with van der Waals surface area (Å²) in [4.78, 5) is 22.9. The van der Waals surface area contributed by atoms with Gasteiger partial charge in [-0.05, 0) is 13.8 Å². The number of rotatable bonds is 4. The summed E-state index contributed by atoms with van der Waals surface area (Å²) >= 11 is 0. The number of carbonyl (C=O) groups excluding carboxylic acids is 2. The summed E-state index contributed by atoms with van der Waals surface area (Å²) in [6.07, 6.45) is 0. The normalized spacial score (nSPS) is 10.0. The molecule has 0 spiro atoms. The molecule has 1 heterocycles. The van der Waals surface area contributed by atoms with E-state index in [0.717, 1.165) is 0 Å². The van der Waals surface area contributed by atoms with Gasteiger partial charge in [-0.25, -0.2) is 9.59 Å². The third-order valence-electron chi connectivity index (χ3n) is 1.91. The molecule has 7 nitrogen and oxygen atoms in total. The molecule has 17 heavy (non-hydrogen) atoms. The topological polar surface area (TPSA) is 118 Å². The summed E-state index contributed by atoms with van der Waals surface area (Å²) in [5.74, 6) is -2.05. The monoisotopic (exact) mass is 242 g/mol. The Bertz CT molecular complexity index is 438. The summed E-state index contributed by atoms with van der Waals surface area (Å²) in [6.45, 7) is 3.59. The van der Waals surface area contributed by atoms with Crippen LogP contribution in [0.3, 0.4) is 0 Å². The maximum atomic E-state index is 11.5. The lowest BCUT2D eigenvalue weighted by atomic mass is 10.2. The van der Waals surface area contributed by atoms with E-state index in [1.165, 1.54) is 0 Å². The first-order chi connectivity index (χ1) is 8.02. The first-order valence-electron chi connectivity index (χ1n) is 5.04. The number of hydrogen-bond acceptors (Lipinski definition) is 7. The zero-order valence-corrected chi connectivity index (χ0v) is 9.61. The van der Waals surface area contributed by atoms with Gasteiger partial charge in [0.25, 0.3) is 0 Å². The molecule has 7 heteroatoms. The number of nitrogens with two attached hydrogens (primary N) is 2. The van der Waals surface area contributed by atoms with Crippen LogP contribution >= 0.6 is 0 Å². The second-order valence-electron chi connectivity index (χ2n) is 3.03. The van der Waals surface area contributed by atoms with Crippen molar-refractivity contribution in [3.8, 4) is 0 Å². The number of furan rings is 1. The first kappa shape index (κ1) is 12.9. The smallest absolute Gasteiger partial charge is 0.376 e. The largest absolute Gasteiger partial charge is 0.462 e. The molecule has 1 aromatic heterocycles. The molecule has 0 aliphatic heterocycles. The zero-order chi connectivity index (χ0) is 13.0. The quantitative estimate of drug-likeness (QED) is 0.749. The van der Waals surface area contributed by atoms with Crippen molar-refractivity contribution in [1.82, 2.24) is 0 Å². The van der Waals surface area contributed by atoms with E-state index in [1.807, 2.05) is 0 Å². The van der Waals surface area contributed by atoms with Crippen LogP contribution in [0.2, 0.25) is 0 Å². The van der Waals surface area contributed by atoms with Gasteiger partial charge in [0.2, 0.25) is 11.6 Å². The van der Waals surface area contributed by atoms with E-state index >= 15 is 0 Å². The molecule has 0 aliphatic rings. The molecule has 0 atom stereocenters. The Hall–Kier alpha value is -2.18. The Morgan fingerprint density at radius 1 is 1.12 bits per heavy atom. The third-order valence-corrected chi connectivity index (χ3v) is 1.91. The van der Waals surface area contributed by atoms with Crippen molar-refractivity contribution in [3.05, 3.63) is 11.3 Å². The average molecular weight is 242 g/mol. The second-order valence-corrected chi connectivity index (χ2v) is 3.03. The molecule has 0 saturated carbocycles. The van der Waals surface area contributed by atoms with Crippen molar-refractivity contribution in [1.29, 1.82) is 0 Å². The highest BCUT2D eigenvalue weighted by Gasteiger charge is 2.27. The maximum Gasteiger partial charge on any atom is 0.376 e. The van der Waals surface area contributed by atoms with Crippen molar-refractivity contribution in [2.45, 2.75) is 13.8 Å². The fourth-order valence-corrected chi connectivity index (χ4v) is 1.22. The van der Waals surface area contributed by atoms with Crippen molar-refractivity contribution >= 4 is 23.5 Å². The summed E-state index contributed by atoms with van der Waals surface area (Å²) in [5, 5.41) is 0. The minimum absolute atomic E-state index is 0.144. The van der Waals surface area contributed by atoms with E-state index in [9.17, 15) is 9.59 Å². The van der Waals surface area contributed by atoms with Crippen LogP contribution in [0.25, 0.3) is 0 Å². The van der Waals surface area contributed by atoms with Crippen molar-refractivity contribution in [2.75, 3.05) is 24.7 Å². The Morgan fingerprint density at radius 2 is 1.65 bits per heavy atom. The van der Waals surface area contributed by atoms with Gasteiger partial charge in [0, 0.05) is 0 Å². The number of hydrogen-bond donors (Lipinski definition) is 2. The molecule has 1 rings (SSSR count). The standard InChI is InChI=1S/C10H14N2O5/c1-3-15-9(13)5-6(11)7(17-8(5)12)10(14)16-4-2/h3-4,11-12H2,1-2H3. The van der Waals surface area contributed by atoms with Crippen LogP contribution in [-0.2, 0) is 9.47 Å². The van der Waals surface area contributed by atoms with E-state index in [4.69, 9.17) is 25.4 Å². The van der Waals surface area contributed by atoms with Crippen molar-refractivity contribution < 1.29 is 23.5 Å². The molecular formula is C10H14N2O5. The van der Waals surface area contributed by atoms with E-state index in [1.54, 1.807) is 13.8 Å². The maximum absolute atomic E-state index is 11.5. The van der Waals surface area contributed by atoms with Gasteiger partial charge < -0.3 is 25.4 Å². The molecule has 0 radical (unpaired) electrons. The van der Waals surface area contributed by atoms with Crippen LogP contribution < -0.4 is 11.5 Å². The number of nitrogen functional groups attached to an aromatic ring is 2. The van der Waals surface area contributed by atoms with Crippen molar-refractivity contribution in [3.63, 3.8) is 0 Å². The van der Waals surface area contributed by atoms with Gasteiger partial charge in [-0.2, -0.15) is 0 Å². The van der Waals surface area contributed by atoms with E-state index in [2.05, 4.69) is 0 Å². The summed E-state index contributed by atoms with van der Waals surface area (Å²) < 4.78 is 14.3. The van der Waals surface area contributed by atoms with Crippen LogP contribution in [0.5, 0.6) is 0 Å². The third kappa shape index (κ3) is 2.49. The molecule has 4 N–H and O–H groups in total. The van der Waals surface area contributed by atoms with Gasteiger partial charge >= 0.3 is 11.9 Å². The van der Waals surface area contributed by atoms with Crippen LogP contribution in [0.4, 0.5) is 11.6 Å². The average Bonchev–Trinajstić information content (AvgIpc) is 2.55. The second kappa shape index (κ2) is 5.24. The number of esters is 2. The van der Waals surface area contributed by atoms with E-state index in [-0.39, 0.29) is 36.1 Å². The highest BCUT2D eigenvalue weighted by Crippen LogP contribution is 2.28. The van der Waals surface area contributed by atoms with Gasteiger partial charge in [-0.3, -0.25) is 0 Å². The van der Waals surface area contributed by atoms with Crippen molar-refractivity contribution in [2.24, 2.45) is 0 Å². The molecule has 0 bridgehead atoms. The summed E-state index contributed by atoms with van der Waals surface area (Å²) in [7, 11) is 0. The molecule has 94 valence electrons. The summed E-state index contributed by atoms with van der Waals surface area (Å²) in [6, 6.07) is 0. The molecular weight excluding hydrogens is 228 g/mol. The Kier molecular flexibility index (Phi) is 3.97. The summed E-state index contributed by atoms with van der Waals surface area (Å²) in [5.41, 5.74) is 10.7. The predicted molar refractivity (Wildman–Crippen MR) is 59.4 cm³/mol. The fraction of sp³-hybridized carbons (Fsp3) is 0.400. The van der Waals surface area contributed by atoms with E-state index in [0.29, 0.717) is 0 Å². The van der Waals surface area contributed by atoms with Gasteiger partial charge in [-0.15, -0.1) is 0 Å². The van der Waals surface area contributed by atoms with Gasteiger partial charge in [-0.1, -0.05) is 0 Å². The fourth-order valence-electron chi connectivity index (χ4n) is 1.22. The minimum Gasteiger partial charge on any atom is -0.462 e. The lowest BCUT2D eigenvalue weighted by molar-refractivity contribution is 0.0491. The molecule has 0 unspecified atom stereocenters.